The van der Waals surface area contributed by atoms with Gasteiger partial charge < -0.3 is 0 Å². The highest BCUT2D eigenvalue weighted by atomic mass is 127. The average molecular weight is 415 g/mol. The first kappa shape index (κ1) is 16.0. The van der Waals surface area contributed by atoms with E-state index in [1.165, 1.54) is 6.07 Å². The molecule has 0 aliphatic carbocycles. The van der Waals surface area contributed by atoms with Crippen LogP contribution in [-0.2, 0) is 10.0 Å². The van der Waals surface area contributed by atoms with Crippen LogP contribution in [0.1, 0.15) is 21.5 Å². The van der Waals surface area contributed by atoms with Gasteiger partial charge in [-0.1, -0.05) is 23.8 Å². The molecule has 0 aliphatic heterocycles. The fourth-order valence-corrected chi connectivity index (χ4v) is 3.71. The molecule has 2 aromatic rings. The Balaban J connectivity index is 2.31. The minimum atomic E-state index is -3.87. The number of halogens is 1. The van der Waals surface area contributed by atoms with Crippen molar-refractivity contribution in [2.45, 2.75) is 18.7 Å². The summed E-state index contributed by atoms with van der Waals surface area (Å²) in [5.74, 6) is -0.631. The van der Waals surface area contributed by atoms with E-state index in [-0.39, 0.29) is 4.90 Å². The lowest BCUT2D eigenvalue weighted by Crippen LogP contribution is -2.31. The molecule has 0 heterocycles. The lowest BCUT2D eigenvalue weighted by Gasteiger charge is -2.10. The molecule has 0 saturated heterocycles. The van der Waals surface area contributed by atoms with Crippen molar-refractivity contribution in [3.8, 4) is 0 Å². The van der Waals surface area contributed by atoms with Crippen molar-refractivity contribution in [2.75, 3.05) is 0 Å². The molecular weight excluding hydrogens is 401 g/mol. The van der Waals surface area contributed by atoms with Gasteiger partial charge >= 0.3 is 0 Å². The van der Waals surface area contributed by atoms with Gasteiger partial charge in [0.2, 0.25) is 0 Å². The normalized spacial score (nSPS) is 11.2. The first-order chi connectivity index (χ1) is 9.79. The Labute approximate surface area is 137 Å². The van der Waals surface area contributed by atoms with Crippen LogP contribution in [0.25, 0.3) is 0 Å². The molecule has 0 bridgehead atoms. The third-order valence-corrected chi connectivity index (χ3v) is 5.10. The molecule has 110 valence electrons. The SMILES string of the molecule is Cc1ccc(S(=O)(=O)NC(=O)c2cccc(I)c2)c(C)c1. The van der Waals surface area contributed by atoms with Crippen LogP contribution >= 0.6 is 22.6 Å². The molecular formula is C15H14INO3S. The highest BCUT2D eigenvalue weighted by Crippen LogP contribution is 2.17. The molecule has 2 rings (SSSR count). The summed E-state index contributed by atoms with van der Waals surface area (Å²) in [4.78, 5) is 12.2. The van der Waals surface area contributed by atoms with E-state index in [1.54, 1.807) is 37.3 Å². The van der Waals surface area contributed by atoms with Crippen molar-refractivity contribution < 1.29 is 13.2 Å². The number of hydrogen-bond acceptors (Lipinski definition) is 3. The largest absolute Gasteiger partial charge is 0.268 e. The summed E-state index contributed by atoms with van der Waals surface area (Å²) in [6, 6.07) is 11.7. The van der Waals surface area contributed by atoms with E-state index < -0.39 is 15.9 Å². The average Bonchev–Trinajstić information content (AvgIpc) is 2.37. The highest BCUT2D eigenvalue weighted by molar-refractivity contribution is 14.1. The number of nitrogens with one attached hydrogen (secondary N) is 1. The topological polar surface area (TPSA) is 63.2 Å². The number of hydrogen-bond donors (Lipinski definition) is 1. The quantitative estimate of drug-likeness (QED) is 0.785. The Kier molecular flexibility index (Phi) is 4.67. The maximum absolute atomic E-state index is 12.3. The molecule has 0 aromatic heterocycles. The van der Waals surface area contributed by atoms with Crippen LogP contribution in [0.15, 0.2) is 47.4 Å². The summed E-state index contributed by atoms with van der Waals surface area (Å²) in [6.45, 7) is 3.59. The van der Waals surface area contributed by atoms with E-state index in [9.17, 15) is 13.2 Å². The van der Waals surface area contributed by atoms with Crippen LogP contribution in [0, 0.1) is 17.4 Å². The fraction of sp³-hybridized carbons (Fsp3) is 0.133. The monoisotopic (exact) mass is 415 g/mol. The lowest BCUT2D eigenvalue weighted by molar-refractivity contribution is 0.0981. The van der Waals surface area contributed by atoms with Crippen molar-refractivity contribution in [1.29, 1.82) is 0 Å². The molecule has 1 amide bonds. The lowest BCUT2D eigenvalue weighted by atomic mass is 10.2. The summed E-state index contributed by atoms with van der Waals surface area (Å²) < 4.78 is 27.6. The summed E-state index contributed by atoms with van der Waals surface area (Å²) in [7, 11) is -3.87. The first-order valence-corrected chi connectivity index (χ1v) is 8.76. The van der Waals surface area contributed by atoms with Gasteiger partial charge in [-0.25, -0.2) is 13.1 Å². The standard InChI is InChI=1S/C15H14INO3S/c1-10-6-7-14(11(2)8-10)21(19,20)17-15(18)12-4-3-5-13(16)9-12/h3-9H,1-2H3,(H,17,18). The zero-order valence-corrected chi connectivity index (χ0v) is 14.5. The summed E-state index contributed by atoms with van der Waals surface area (Å²) in [6.07, 6.45) is 0. The number of carbonyl (C=O) groups is 1. The predicted molar refractivity (Wildman–Crippen MR) is 89.7 cm³/mol. The van der Waals surface area contributed by atoms with Crippen LogP contribution in [0.2, 0.25) is 0 Å². The number of benzene rings is 2. The zero-order valence-electron chi connectivity index (χ0n) is 11.6. The summed E-state index contributed by atoms with van der Waals surface area (Å²) in [5, 5.41) is 0. The van der Waals surface area contributed by atoms with Gasteiger partial charge in [-0.3, -0.25) is 4.79 Å². The van der Waals surface area contributed by atoms with Crippen molar-refractivity contribution in [3.05, 3.63) is 62.7 Å². The van der Waals surface area contributed by atoms with E-state index in [0.29, 0.717) is 11.1 Å². The second kappa shape index (κ2) is 6.15. The second-order valence-electron chi connectivity index (χ2n) is 4.71. The Hall–Kier alpha value is -1.41. The molecule has 1 N–H and O–H groups in total. The van der Waals surface area contributed by atoms with Crippen LogP contribution in [0.3, 0.4) is 0 Å². The number of carbonyl (C=O) groups excluding carboxylic acids is 1. The van der Waals surface area contributed by atoms with Gasteiger partial charge in [0.1, 0.15) is 0 Å². The molecule has 4 nitrogen and oxygen atoms in total. The van der Waals surface area contributed by atoms with Crippen molar-refractivity contribution in [2.24, 2.45) is 0 Å². The molecule has 0 saturated carbocycles. The minimum absolute atomic E-state index is 0.118. The van der Waals surface area contributed by atoms with Crippen LogP contribution in [-0.4, -0.2) is 14.3 Å². The first-order valence-electron chi connectivity index (χ1n) is 6.19. The van der Waals surface area contributed by atoms with Gasteiger partial charge in [-0.05, 0) is 66.3 Å². The zero-order chi connectivity index (χ0) is 15.6. The van der Waals surface area contributed by atoms with Crippen molar-refractivity contribution in [1.82, 2.24) is 4.72 Å². The van der Waals surface area contributed by atoms with Gasteiger partial charge in [-0.2, -0.15) is 0 Å². The van der Waals surface area contributed by atoms with Crippen LogP contribution in [0.5, 0.6) is 0 Å². The van der Waals surface area contributed by atoms with E-state index in [1.807, 2.05) is 13.0 Å². The van der Waals surface area contributed by atoms with E-state index in [4.69, 9.17) is 0 Å². The maximum atomic E-state index is 12.3. The van der Waals surface area contributed by atoms with Crippen molar-refractivity contribution >= 4 is 38.5 Å². The Morgan fingerprint density at radius 2 is 1.81 bits per heavy atom. The maximum Gasteiger partial charge on any atom is 0.265 e. The second-order valence-corrected chi connectivity index (χ2v) is 7.61. The van der Waals surface area contributed by atoms with Crippen LogP contribution < -0.4 is 4.72 Å². The number of rotatable bonds is 3. The fourth-order valence-electron chi connectivity index (χ4n) is 1.97. The predicted octanol–water partition coefficient (Wildman–Crippen LogP) is 3.03. The molecule has 21 heavy (non-hydrogen) atoms. The summed E-state index contributed by atoms with van der Waals surface area (Å²) in [5.41, 5.74) is 1.89. The van der Waals surface area contributed by atoms with E-state index >= 15 is 0 Å². The third kappa shape index (κ3) is 3.82. The van der Waals surface area contributed by atoms with E-state index in [0.717, 1.165) is 9.13 Å². The van der Waals surface area contributed by atoms with Gasteiger partial charge in [0.25, 0.3) is 15.9 Å². The molecule has 0 spiro atoms. The minimum Gasteiger partial charge on any atom is -0.268 e. The Bertz CT molecular complexity index is 800. The molecule has 0 aliphatic rings. The molecule has 6 heteroatoms. The molecule has 2 aromatic carbocycles. The third-order valence-electron chi connectivity index (χ3n) is 2.93. The molecule has 0 unspecified atom stereocenters. The summed E-state index contributed by atoms with van der Waals surface area (Å²) >= 11 is 2.07. The molecule has 0 atom stereocenters. The molecule has 0 radical (unpaired) electrons. The number of amides is 1. The van der Waals surface area contributed by atoms with E-state index in [2.05, 4.69) is 27.3 Å². The van der Waals surface area contributed by atoms with Gasteiger partial charge in [0.15, 0.2) is 0 Å². The Morgan fingerprint density at radius 3 is 2.43 bits per heavy atom. The van der Waals surface area contributed by atoms with Gasteiger partial charge in [0.05, 0.1) is 4.90 Å². The van der Waals surface area contributed by atoms with Crippen LogP contribution in [0.4, 0.5) is 0 Å². The molecule has 0 fully saturated rings. The smallest absolute Gasteiger partial charge is 0.265 e. The number of aryl methyl sites for hydroxylation is 2. The Morgan fingerprint density at radius 1 is 1.10 bits per heavy atom. The van der Waals surface area contributed by atoms with Crippen molar-refractivity contribution in [3.63, 3.8) is 0 Å². The highest BCUT2D eigenvalue weighted by Gasteiger charge is 2.20. The van der Waals surface area contributed by atoms with Gasteiger partial charge in [-0.15, -0.1) is 0 Å². The number of sulfonamides is 1. The van der Waals surface area contributed by atoms with Gasteiger partial charge in [0, 0.05) is 9.13 Å².